The summed E-state index contributed by atoms with van der Waals surface area (Å²) < 4.78 is 1.27. The van der Waals surface area contributed by atoms with Crippen molar-refractivity contribution >= 4 is 28.9 Å². The molecule has 0 aromatic heterocycles. The van der Waals surface area contributed by atoms with Gasteiger partial charge < -0.3 is 4.79 Å². The second kappa shape index (κ2) is 3.98. The Balaban J connectivity index is 2.16. The van der Waals surface area contributed by atoms with Gasteiger partial charge in [0.1, 0.15) is 6.29 Å². The lowest BCUT2D eigenvalue weighted by atomic mass is 10.1. The summed E-state index contributed by atoms with van der Waals surface area (Å²) in [6.07, 6.45) is 1.03. The maximum absolute atomic E-state index is 10.6. The molecule has 1 saturated heterocycles. The van der Waals surface area contributed by atoms with Crippen molar-refractivity contribution in [2.75, 3.05) is 6.54 Å². The Morgan fingerprint density at radius 3 is 2.86 bits per heavy atom. The molecule has 1 heterocycles. The zero-order valence-electron chi connectivity index (χ0n) is 7.98. The van der Waals surface area contributed by atoms with Gasteiger partial charge in [-0.05, 0) is 41.1 Å². The van der Waals surface area contributed by atoms with Crippen LogP contribution < -0.4 is 0 Å². The average molecular weight is 301 g/mol. The largest absolute Gasteiger partial charge is 0.302 e. The summed E-state index contributed by atoms with van der Waals surface area (Å²) >= 11 is 2.34. The number of hydrogen-bond acceptors (Lipinski definition) is 2. The third-order valence-corrected chi connectivity index (χ3v) is 3.68. The molecule has 1 aliphatic heterocycles. The van der Waals surface area contributed by atoms with Crippen LogP contribution in [-0.4, -0.2) is 23.8 Å². The fourth-order valence-corrected chi connectivity index (χ4v) is 2.57. The molecule has 0 radical (unpaired) electrons. The van der Waals surface area contributed by atoms with E-state index < -0.39 is 0 Å². The van der Waals surface area contributed by atoms with Crippen LogP contribution in [0.3, 0.4) is 0 Å². The van der Waals surface area contributed by atoms with E-state index in [1.165, 1.54) is 9.13 Å². The van der Waals surface area contributed by atoms with Gasteiger partial charge in [-0.15, -0.1) is 0 Å². The third-order valence-electron chi connectivity index (χ3n) is 2.70. The predicted octanol–water partition coefficient (Wildman–Crippen LogP) is 2.24. The molecule has 1 fully saturated rings. The molecule has 0 bridgehead atoms. The van der Waals surface area contributed by atoms with E-state index in [1.807, 2.05) is 12.1 Å². The van der Waals surface area contributed by atoms with Crippen molar-refractivity contribution in [2.24, 2.45) is 0 Å². The molecule has 74 valence electrons. The summed E-state index contributed by atoms with van der Waals surface area (Å²) in [6.45, 7) is 3.07. The molecular weight excluding hydrogens is 289 g/mol. The number of benzene rings is 1. The first-order valence-electron chi connectivity index (χ1n) is 4.69. The molecule has 0 N–H and O–H groups in total. The van der Waals surface area contributed by atoms with Gasteiger partial charge in [-0.1, -0.05) is 18.2 Å². The monoisotopic (exact) mass is 301 g/mol. The van der Waals surface area contributed by atoms with Gasteiger partial charge in [0.05, 0.1) is 6.04 Å². The Kier molecular flexibility index (Phi) is 2.88. The van der Waals surface area contributed by atoms with E-state index in [4.69, 9.17) is 0 Å². The number of carbonyl (C=O) groups excluding carboxylic acids is 1. The summed E-state index contributed by atoms with van der Waals surface area (Å²) in [6, 6.07) is 8.84. The summed E-state index contributed by atoms with van der Waals surface area (Å²) in [5, 5.41) is 0. The number of rotatable bonds is 3. The number of hydrogen-bond donors (Lipinski definition) is 0. The third kappa shape index (κ3) is 1.83. The van der Waals surface area contributed by atoms with Crippen molar-refractivity contribution in [3.63, 3.8) is 0 Å². The molecule has 14 heavy (non-hydrogen) atoms. The summed E-state index contributed by atoms with van der Waals surface area (Å²) in [7, 11) is 0. The molecule has 1 unspecified atom stereocenters. The van der Waals surface area contributed by atoms with Crippen LogP contribution >= 0.6 is 22.6 Å². The molecule has 3 heteroatoms. The maximum atomic E-state index is 10.6. The smallest absolute Gasteiger partial charge is 0.138 e. The van der Waals surface area contributed by atoms with E-state index in [-0.39, 0.29) is 6.04 Å². The van der Waals surface area contributed by atoms with Crippen LogP contribution in [0, 0.1) is 3.57 Å². The highest BCUT2D eigenvalue weighted by Gasteiger charge is 2.38. The van der Waals surface area contributed by atoms with E-state index in [0.717, 1.165) is 12.8 Å². The van der Waals surface area contributed by atoms with Gasteiger partial charge in [0.15, 0.2) is 0 Å². The Labute approximate surface area is 97.4 Å². The van der Waals surface area contributed by atoms with Crippen LogP contribution in [-0.2, 0) is 4.79 Å². The fraction of sp³-hybridized carbons (Fsp3) is 0.364. The first-order valence-corrected chi connectivity index (χ1v) is 5.77. The lowest BCUT2D eigenvalue weighted by Crippen LogP contribution is -2.10. The van der Waals surface area contributed by atoms with E-state index in [0.29, 0.717) is 6.04 Å². The van der Waals surface area contributed by atoms with Gasteiger partial charge in [-0.25, -0.2) is 0 Å². The Hall–Kier alpha value is -0.420. The summed E-state index contributed by atoms with van der Waals surface area (Å²) in [4.78, 5) is 12.8. The van der Waals surface area contributed by atoms with Gasteiger partial charge >= 0.3 is 0 Å². The van der Waals surface area contributed by atoms with Crippen molar-refractivity contribution in [1.29, 1.82) is 0 Å². The topological polar surface area (TPSA) is 20.1 Å². The van der Waals surface area contributed by atoms with Crippen LogP contribution in [0.25, 0.3) is 0 Å². The van der Waals surface area contributed by atoms with Gasteiger partial charge in [0, 0.05) is 16.2 Å². The highest BCUT2D eigenvalue weighted by Crippen LogP contribution is 2.32. The van der Waals surface area contributed by atoms with E-state index in [9.17, 15) is 4.79 Å². The lowest BCUT2D eigenvalue weighted by Gasteiger charge is -2.14. The van der Waals surface area contributed by atoms with Gasteiger partial charge in [0.2, 0.25) is 0 Å². The van der Waals surface area contributed by atoms with E-state index >= 15 is 0 Å². The average Bonchev–Trinajstić information content (AvgIpc) is 2.96. The lowest BCUT2D eigenvalue weighted by molar-refractivity contribution is -0.108. The van der Waals surface area contributed by atoms with Crippen molar-refractivity contribution in [2.45, 2.75) is 19.0 Å². The minimum absolute atomic E-state index is 0.154. The van der Waals surface area contributed by atoms with Gasteiger partial charge in [-0.2, -0.15) is 0 Å². The fourth-order valence-electron chi connectivity index (χ4n) is 1.73. The molecule has 0 amide bonds. The van der Waals surface area contributed by atoms with Crippen LogP contribution in [0.15, 0.2) is 24.3 Å². The molecule has 1 aliphatic rings. The van der Waals surface area contributed by atoms with Crippen molar-refractivity contribution < 1.29 is 4.79 Å². The normalized spacial score (nSPS) is 27.0. The van der Waals surface area contributed by atoms with Crippen LogP contribution in [0.5, 0.6) is 0 Å². The molecule has 2 nitrogen and oxygen atoms in total. The van der Waals surface area contributed by atoms with Crippen LogP contribution in [0.1, 0.15) is 18.5 Å². The molecule has 0 spiro atoms. The predicted molar refractivity (Wildman–Crippen MR) is 64.1 cm³/mol. The number of nitrogens with zero attached hydrogens (tertiary/aromatic N) is 1. The molecule has 1 aromatic rings. The van der Waals surface area contributed by atoms with Crippen LogP contribution in [0.4, 0.5) is 0 Å². The summed E-state index contributed by atoms with van der Waals surface area (Å²) in [5.41, 5.74) is 1.32. The minimum Gasteiger partial charge on any atom is -0.302 e. The first-order chi connectivity index (χ1) is 6.74. The standard InChI is InChI=1S/C11H12INO/c1-8(13-6-9(13)7-14)10-4-2-3-5-11(10)12/h2-5,7-9H,6H2,1H3/t8-,9?,13+/m0/s1. The zero-order valence-corrected chi connectivity index (χ0v) is 10.1. The van der Waals surface area contributed by atoms with Gasteiger partial charge in [-0.3, -0.25) is 4.90 Å². The molecule has 0 saturated carbocycles. The highest BCUT2D eigenvalue weighted by molar-refractivity contribution is 14.1. The summed E-state index contributed by atoms with van der Waals surface area (Å²) in [5.74, 6) is 0. The highest BCUT2D eigenvalue weighted by atomic mass is 127. The van der Waals surface area contributed by atoms with Crippen molar-refractivity contribution in [3.05, 3.63) is 33.4 Å². The second-order valence-electron chi connectivity index (χ2n) is 3.60. The Bertz CT molecular complexity index is 353. The van der Waals surface area contributed by atoms with Gasteiger partial charge in [0.25, 0.3) is 0 Å². The number of aldehydes is 1. The first kappa shape index (κ1) is 10.1. The van der Waals surface area contributed by atoms with Crippen molar-refractivity contribution in [1.82, 2.24) is 4.90 Å². The molecule has 1 aromatic carbocycles. The van der Waals surface area contributed by atoms with E-state index in [2.05, 4.69) is 46.5 Å². The molecular formula is C11H12INO. The molecule has 2 rings (SSSR count). The molecule has 0 aliphatic carbocycles. The molecule has 3 atom stereocenters. The second-order valence-corrected chi connectivity index (χ2v) is 4.76. The Morgan fingerprint density at radius 1 is 1.57 bits per heavy atom. The van der Waals surface area contributed by atoms with Crippen molar-refractivity contribution in [3.8, 4) is 0 Å². The number of halogens is 1. The SMILES string of the molecule is C[C@@H](c1ccccc1I)[N@@]1CC1C=O. The van der Waals surface area contributed by atoms with E-state index in [1.54, 1.807) is 0 Å². The quantitative estimate of drug-likeness (QED) is 0.485. The Morgan fingerprint density at radius 2 is 2.29 bits per heavy atom. The minimum atomic E-state index is 0.154. The van der Waals surface area contributed by atoms with Crippen LogP contribution in [0.2, 0.25) is 0 Å². The maximum Gasteiger partial charge on any atom is 0.138 e. The number of carbonyl (C=O) groups is 1. The zero-order chi connectivity index (χ0) is 10.1.